The minimum absolute atomic E-state index is 0. The number of benzene rings is 1. The molecule has 6 heteroatoms. The largest absolute Gasteiger partial charge is 0.354 e. The van der Waals surface area contributed by atoms with Gasteiger partial charge in [0.25, 0.3) is 0 Å². The van der Waals surface area contributed by atoms with Gasteiger partial charge in [0.1, 0.15) is 0 Å². The molecule has 148 valence electrons. The highest BCUT2D eigenvalue weighted by molar-refractivity contribution is 14.0. The smallest absolute Gasteiger partial charge is 0.191 e. The van der Waals surface area contributed by atoms with Gasteiger partial charge in [-0.05, 0) is 63.5 Å². The summed E-state index contributed by atoms with van der Waals surface area (Å²) in [6.45, 7) is 10.1. The first-order chi connectivity index (χ1) is 12.1. The number of halogens is 2. The molecule has 4 nitrogen and oxygen atoms in total. The third kappa shape index (κ3) is 7.61. The van der Waals surface area contributed by atoms with E-state index in [1.165, 1.54) is 18.5 Å². The van der Waals surface area contributed by atoms with E-state index in [0.717, 1.165) is 36.9 Å². The standard InChI is InChI=1S/C20H33ClN4.HI/c1-5-25(6-2)12-8-9-15(3)23-20(22-4)24-19-14-18(19)16-10-7-11-17(21)13-16;/h7,10-11,13,15,18-19H,5-6,8-9,12,14H2,1-4H3,(H2,22,23,24);1H. The average molecular weight is 493 g/mol. The molecular weight excluding hydrogens is 459 g/mol. The maximum absolute atomic E-state index is 6.10. The molecular formula is C20H34ClIN4. The fourth-order valence-corrected chi connectivity index (χ4v) is 3.47. The van der Waals surface area contributed by atoms with Crippen molar-refractivity contribution in [2.24, 2.45) is 4.99 Å². The first-order valence-electron chi connectivity index (χ1n) is 9.55. The maximum atomic E-state index is 6.10. The van der Waals surface area contributed by atoms with Crippen LogP contribution in [0, 0.1) is 0 Å². The van der Waals surface area contributed by atoms with Crippen LogP contribution in [0.15, 0.2) is 29.3 Å². The number of aliphatic imine (C=N–C) groups is 1. The monoisotopic (exact) mass is 492 g/mol. The second-order valence-electron chi connectivity index (χ2n) is 6.93. The predicted molar refractivity (Wildman–Crippen MR) is 124 cm³/mol. The summed E-state index contributed by atoms with van der Waals surface area (Å²) < 4.78 is 0. The van der Waals surface area contributed by atoms with Crippen molar-refractivity contribution in [2.45, 2.75) is 58.0 Å². The Morgan fingerprint density at radius 1 is 1.35 bits per heavy atom. The highest BCUT2D eigenvalue weighted by Crippen LogP contribution is 2.41. The Kier molecular flexibility index (Phi) is 10.9. The molecule has 2 N–H and O–H groups in total. The summed E-state index contributed by atoms with van der Waals surface area (Å²) >= 11 is 6.10. The SMILES string of the molecule is CCN(CC)CCCC(C)NC(=NC)NC1CC1c1cccc(Cl)c1.I. The fourth-order valence-electron chi connectivity index (χ4n) is 3.27. The Bertz CT molecular complexity index is 562. The van der Waals surface area contributed by atoms with Crippen molar-refractivity contribution in [1.82, 2.24) is 15.5 Å². The zero-order valence-corrected chi connectivity index (χ0v) is 19.6. The number of guanidine groups is 1. The molecule has 3 unspecified atom stereocenters. The molecule has 1 fully saturated rings. The molecule has 1 saturated carbocycles. The van der Waals surface area contributed by atoms with Crippen LogP contribution in [0.25, 0.3) is 0 Å². The minimum atomic E-state index is 0. The summed E-state index contributed by atoms with van der Waals surface area (Å²) in [4.78, 5) is 6.86. The van der Waals surface area contributed by atoms with Crippen molar-refractivity contribution in [2.75, 3.05) is 26.7 Å². The Morgan fingerprint density at radius 3 is 2.69 bits per heavy atom. The molecule has 26 heavy (non-hydrogen) atoms. The Hall–Kier alpha value is -0.530. The molecule has 0 radical (unpaired) electrons. The van der Waals surface area contributed by atoms with Crippen molar-refractivity contribution >= 4 is 41.5 Å². The van der Waals surface area contributed by atoms with Crippen molar-refractivity contribution in [1.29, 1.82) is 0 Å². The third-order valence-corrected chi connectivity index (χ3v) is 5.24. The van der Waals surface area contributed by atoms with Crippen LogP contribution in [0.5, 0.6) is 0 Å². The molecule has 1 aliphatic rings. The van der Waals surface area contributed by atoms with E-state index in [1.54, 1.807) is 0 Å². The normalized spacial score (nSPS) is 20.5. The van der Waals surface area contributed by atoms with Gasteiger partial charge in [-0.15, -0.1) is 24.0 Å². The molecule has 3 atom stereocenters. The van der Waals surface area contributed by atoms with Crippen molar-refractivity contribution in [3.05, 3.63) is 34.9 Å². The lowest BCUT2D eigenvalue weighted by atomic mass is 10.1. The first-order valence-corrected chi connectivity index (χ1v) is 9.92. The molecule has 0 saturated heterocycles. The van der Waals surface area contributed by atoms with Gasteiger partial charge >= 0.3 is 0 Å². The van der Waals surface area contributed by atoms with Crippen LogP contribution >= 0.6 is 35.6 Å². The molecule has 1 aromatic rings. The van der Waals surface area contributed by atoms with Crippen LogP contribution in [-0.4, -0.2) is 49.6 Å². The summed E-state index contributed by atoms with van der Waals surface area (Å²) in [6, 6.07) is 9.05. The average Bonchev–Trinajstić information content (AvgIpc) is 3.37. The second kappa shape index (κ2) is 12.0. The highest BCUT2D eigenvalue weighted by atomic mass is 127. The number of nitrogens with zero attached hydrogens (tertiary/aromatic N) is 2. The molecule has 0 spiro atoms. The Labute approximate surface area is 181 Å². The van der Waals surface area contributed by atoms with Crippen LogP contribution in [-0.2, 0) is 0 Å². The van der Waals surface area contributed by atoms with Gasteiger partial charge < -0.3 is 15.5 Å². The summed E-state index contributed by atoms with van der Waals surface area (Å²) in [5, 5.41) is 7.88. The first kappa shape index (κ1) is 23.5. The van der Waals surface area contributed by atoms with E-state index >= 15 is 0 Å². The second-order valence-corrected chi connectivity index (χ2v) is 7.37. The number of rotatable bonds is 9. The van der Waals surface area contributed by atoms with E-state index in [-0.39, 0.29) is 24.0 Å². The van der Waals surface area contributed by atoms with E-state index in [2.05, 4.69) is 53.4 Å². The van der Waals surface area contributed by atoms with Crippen LogP contribution in [0.4, 0.5) is 0 Å². The summed E-state index contributed by atoms with van der Waals surface area (Å²) in [5.41, 5.74) is 1.31. The Balaban J connectivity index is 0.00000338. The summed E-state index contributed by atoms with van der Waals surface area (Å²) in [6.07, 6.45) is 3.50. The third-order valence-electron chi connectivity index (χ3n) is 5.00. The van der Waals surface area contributed by atoms with Gasteiger partial charge in [-0.1, -0.05) is 37.6 Å². The summed E-state index contributed by atoms with van der Waals surface area (Å²) in [5.74, 6) is 1.44. The van der Waals surface area contributed by atoms with Gasteiger partial charge in [-0.3, -0.25) is 4.99 Å². The maximum Gasteiger partial charge on any atom is 0.191 e. The fraction of sp³-hybridized carbons (Fsp3) is 0.650. The zero-order valence-electron chi connectivity index (χ0n) is 16.5. The van der Waals surface area contributed by atoms with Crippen molar-refractivity contribution < 1.29 is 0 Å². The van der Waals surface area contributed by atoms with Gasteiger partial charge in [0.2, 0.25) is 0 Å². The van der Waals surface area contributed by atoms with Gasteiger partial charge in [-0.2, -0.15) is 0 Å². The van der Waals surface area contributed by atoms with Crippen LogP contribution in [0.2, 0.25) is 5.02 Å². The van der Waals surface area contributed by atoms with Gasteiger partial charge in [0.05, 0.1) is 0 Å². The van der Waals surface area contributed by atoms with Crippen LogP contribution in [0.3, 0.4) is 0 Å². The zero-order chi connectivity index (χ0) is 18.2. The van der Waals surface area contributed by atoms with E-state index in [4.69, 9.17) is 11.6 Å². The number of hydrogen-bond acceptors (Lipinski definition) is 2. The van der Waals surface area contributed by atoms with Gasteiger partial charge in [0.15, 0.2) is 5.96 Å². The van der Waals surface area contributed by atoms with E-state index in [9.17, 15) is 0 Å². The molecule has 1 aliphatic carbocycles. The lowest BCUT2D eigenvalue weighted by Crippen LogP contribution is -2.43. The lowest BCUT2D eigenvalue weighted by molar-refractivity contribution is 0.292. The lowest BCUT2D eigenvalue weighted by Gasteiger charge is -2.21. The quantitative estimate of drug-likeness (QED) is 0.303. The van der Waals surface area contributed by atoms with Gasteiger partial charge in [-0.25, -0.2) is 0 Å². The van der Waals surface area contributed by atoms with E-state index in [1.807, 2.05) is 19.2 Å². The molecule has 0 aromatic heterocycles. The van der Waals surface area contributed by atoms with Gasteiger partial charge in [0, 0.05) is 30.1 Å². The minimum Gasteiger partial charge on any atom is -0.354 e. The molecule has 0 heterocycles. The highest BCUT2D eigenvalue weighted by Gasteiger charge is 2.39. The summed E-state index contributed by atoms with van der Waals surface area (Å²) in [7, 11) is 1.84. The van der Waals surface area contributed by atoms with E-state index < -0.39 is 0 Å². The van der Waals surface area contributed by atoms with Crippen LogP contribution < -0.4 is 10.6 Å². The van der Waals surface area contributed by atoms with E-state index in [0.29, 0.717) is 18.0 Å². The molecule has 0 bridgehead atoms. The molecule has 0 amide bonds. The molecule has 0 aliphatic heterocycles. The topological polar surface area (TPSA) is 39.7 Å². The molecule has 2 rings (SSSR count). The number of nitrogens with one attached hydrogen (secondary N) is 2. The number of hydrogen-bond donors (Lipinski definition) is 2. The predicted octanol–water partition coefficient (Wildman–Crippen LogP) is 4.49. The van der Waals surface area contributed by atoms with Crippen molar-refractivity contribution in [3.63, 3.8) is 0 Å². The van der Waals surface area contributed by atoms with Crippen LogP contribution in [0.1, 0.15) is 51.5 Å². The van der Waals surface area contributed by atoms with Crippen molar-refractivity contribution in [3.8, 4) is 0 Å². The molecule has 1 aromatic carbocycles. The Morgan fingerprint density at radius 2 is 2.08 bits per heavy atom.